The lowest BCUT2D eigenvalue weighted by molar-refractivity contribution is 0.0930. The van der Waals surface area contributed by atoms with Gasteiger partial charge < -0.3 is 10.6 Å². The highest BCUT2D eigenvalue weighted by molar-refractivity contribution is 7.90. The van der Waals surface area contributed by atoms with Crippen LogP contribution in [0.1, 0.15) is 36.7 Å². The minimum Gasteiger partial charge on any atom is -0.349 e. The average Bonchev–Trinajstić information content (AvgIpc) is 2.86. The highest BCUT2D eigenvalue weighted by Crippen LogP contribution is 2.26. The van der Waals surface area contributed by atoms with Gasteiger partial charge in [-0.25, -0.2) is 0 Å². The number of amides is 1. The number of hydrogen-bond acceptors (Lipinski definition) is 4. The standard InChI is InChI=1S/C19H21N3O3S/c1-12(2)13(3)20-19(23)14-8-10-15(11-9-14)21-18-16-6-4-5-7-17(16)26(24,25)22-18/h4-13H,1-3H3,(H,20,23)(H,21,22). The molecule has 1 atom stereocenters. The molecule has 3 rings (SSSR count). The molecule has 2 N–H and O–H groups in total. The van der Waals surface area contributed by atoms with E-state index in [2.05, 4.69) is 15.0 Å². The Bertz CT molecular complexity index is 964. The Labute approximate surface area is 153 Å². The van der Waals surface area contributed by atoms with Gasteiger partial charge in [-0.1, -0.05) is 26.0 Å². The van der Waals surface area contributed by atoms with Crippen LogP contribution in [0.25, 0.3) is 0 Å². The van der Waals surface area contributed by atoms with E-state index in [1.54, 1.807) is 42.5 Å². The fourth-order valence-electron chi connectivity index (χ4n) is 2.49. The van der Waals surface area contributed by atoms with Crippen LogP contribution < -0.4 is 10.6 Å². The fraction of sp³-hybridized carbons (Fsp3) is 0.263. The quantitative estimate of drug-likeness (QED) is 0.865. The largest absolute Gasteiger partial charge is 0.349 e. The van der Waals surface area contributed by atoms with Gasteiger partial charge in [0.1, 0.15) is 4.90 Å². The smallest absolute Gasteiger partial charge is 0.285 e. The second kappa shape index (κ2) is 6.92. The Morgan fingerprint density at radius 3 is 2.31 bits per heavy atom. The number of fused-ring (bicyclic) bond motifs is 1. The molecule has 2 aromatic rings. The number of carbonyl (C=O) groups is 1. The second-order valence-electron chi connectivity index (χ2n) is 6.62. The molecule has 7 heteroatoms. The van der Waals surface area contributed by atoms with Crippen molar-refractivity contribution in [3.63, 3.8) is 0 Å². The Morgan fingerprint density at radius 2 is 1.65 bits per heavy atom. The molecule has 26 heavy (non-hydrogen) atoms. The van der Waals surface area contributed by atoms with Gasteiger partial charge >= 0.3 is 0 Å². The minimum absolute atomic E-state index is 0.0786. The van der Waals surface area contributed by atoms with Gasteiger partial charge in [0.2, 0.25) is 0 Å². The molecule has 2 aromatic carbocycles. The van der Waals surface area contributed by atoms with Crippen LogP contribution >= 0.6 is 0 Å². The molecule has 0 fully saturated rings. The lowest BCUT2D eigenvalue weighted by atomic mass is 10.1. The van der Waals surface area contributed by atoms with Crippen LogP contribution in [0.3, 0.4) is 0 Å². The summed E-state index contributed by atoms with van der Waals surface area (Å²) in [6.45, 7) is 6.06. The summed E-state index contributed by atoms with van der Waals surface area (Å²) in [5, 5.41) is 5.97. The molecule has 0 radical (unpaired) electrons. The van der Waals surface area contributed by atoms with Crippen molar-refractivity contribution >= 4 is 27.5 Å². The molecular formula is C19H21N3O3S. The number of amidine groups is 1. The lowest BCUT2D eigenvalue weighted by Gasteiger charge is -2.17. The Hall–Kier alpha value is -2.67. The van der Waals surface area contributed by atoms with Crippen LogP contribution in [0, 0.1) is 5.92 Å². The fourth-order valence-corrected chi connectivity index (χ4v) is 3.67. The highest BCUT2D eigenvalue weighted by Gasteiger charge is 2.28. The summed E-state index contributed by atoms with van der Waals surface area (Å²) in [6, 6.07) is 13.6. The number of nitrogens with one attached hydrogen (secondary N) is 2. The van der Waals surface area contributed by atoms with E-state index in [1.807, 2.05) is 20.8 Å². The zero-order valence-electron chi connectivity index (χ0n) is 14.9. The molecule has 1 aliphatic heterocycles. The van der Waals surface area contributed by atoms with E-state index in [9.17, 15) is 13.2 Å². The molecule has 0 saturated carbocycles. The molecule has 1 heterocycles. The summed E-state index contributed by atoms with van der Waals surface area (Å²) in [4.78, 5) is 12.4. The van der Waals surface area contributed by atoms with Crippen molar-refractivity contribution in [3.05, 3.63) is 59.7 Å². The van der Waals surface area contributed by atoms with E-state index in [0.717, 1.165) is 0 Å². The Kier molecular flexibility index (Phi) is 4.82. The van der Waals surface area contributed by atoms with E-state index >= 15 is 0 Å². The van der Waals surface area contributed by atoms with E-state index in [0.29, 0.717) is 22.7 Å². The van der Waals surface area contributed by atoms with Crippen LogP contribution in [0.2, 0.25) is 0 Å². The SMILES string of the molecule is CC(C)C(C)NC(=O)c1ccc(NC2=NS(=O)(=O)c3ccccc32)cc1. The first kappa shape index (κ1) is 18.1. The minimum atomic E-state index is -3.66. The second-order valence-corrected chi connectivity index (χ2v) is 8.19. The molecule has 0 aromatic heterocycles. The summed E-state index contributed by atoms with van der Waals surface area (Å²) in [5.41, 5.74) is 1.74. The highest BCUT2D eigenvalue weighted by atomic mass is 32.2. The first-order valence-electron chi connectivity index (χ1n) is 8.40. The molecule has 0 aliphatic carbocycles. The lowest BCUT2D eigenvalue weighted by Crippen LogP contribution is -2.36. The number of carbonyl (C=O) groups excluding carboxylic acids is 1. The normalized spacial score (nSPS) is 15.9. The molecular weight excluding hydrogens is 350 g/mol. The Morgan fingerprint density at radius 1 is 1.00 bits per heavy atom. The maximum atomic E-state index is 12.2. The maximum absolute atomic E-state index is 12.2. The molecule has 1 amide bonds. The van der Waals surface area contributed by atoms with Crippen LogP contribution in [0.5, 0.6) is 0 Å². The zero-order chi connectivity index (χ0) is 18.9. The van der Waals surface area contributed by atoms with Crippen molar-refractivity contribution in [1.82, 2.24) is 5.32 Å². The molecule has 1 unspecified atom stereocenters. The van der Waals surface area contributed by atoms with Gasteiger partial charge in [0.15, 0.2) is 5.84 Å². The van der Waals surface area contributed by atoms with E-state index in [-0.39, 0.29) is 22.7 Å². The van der Waals surface area contributed by atoms with Crippen molar-refractivity contribution in [3.8, 4) is 0 Å². The third-order valence-electron chi connectivity index (χ3n) is 4.40. The summed E-state index contributed by atoms with van der Waals surface area (Å²) in [7, 11) is -3.66. The summed E-state index contributed by atoms with van der Waals surface area (Å²) in [5.74, 6) is 0.498. The summed E-state index contributed by atoms with van der Waals surface area (Å²) in [6.07, 6.45) is 0. The number of nitrogens with zero attached hydrogens (tertiary/aromatic N) is 1. The van der Waals surface area contributed by atoms with Gasteiger partial charge in [-0.3, -0.25) is 4.79 Å². The predicted octanol–water partition coefficient (Wildman–Crippen LogP) is 3.02. The first-order valence-corrected chi connectivity index (χ1v) is 9.84. The zero-order valence-corrected chi connectivity index (χ0v) is 15.7. The van der Waals surface area contributed by atoms with Gasteiger partial charge in [-0.2, -0.15) is 8.42 Å². The van der Waals surface area contributed by atoms with Gasteiger partial charge in [-0.05, 0) is 49.2 Å². The molecule has 0 spiro atoms. The van der Waals surface area contributed by atoms with Crippen LogP contribution in [0.15, 0.2) is 57.8 Å². The van der Waals surface area contributed by atoms with Crippen molar-refractivity contribution in [2.75, 3.05) is 5.32 Å². The summed E-state index contributed by atoms with van der Waals surface area (Å²) < 4.78 is 27.9. The number of hydrogen-bond donors (Lipinski definition) is 2. The number of benzene rings is 2. The third kappa shape index (κ3) is 3.62. The number of sulfonamides is 1. The van der Waals surface area contributed by atoms with Crippen molar-refractivity contribution in [2.45, 2.75) is 31.7 Å². The van der Waals surface area contributed by atoms with Gasteiger partial charge in [0.25, 0.3) is 15.9 Å². The average molecular weight is 371 g/mol. The molecule has 0 bridgehead atoms. The van der Waals surface area contributed by atoms with Gasteiger partial charge in [-0.15, -0.1) is 4.40 Å². The van der Waals surface area contributed by atoms with E-state index in [1.165, 1.54) is 6.07 Å². The number of rotatable bonds is 4. The van der Waals surface area contributed by atoms with Crippen LogP contribution in [-0.4, -0.2) is 26.2 Å². The molecule has 6 nitrogen and oxygen atoms in total. The molecule has 1 aliphatic rings. The molecule has 0 saturated heterocycles. The summed E-state index contributed by atoms with van der Waals surface area (Å²) >= 11 is 0. The maximum Gasteiger partial charge on any atom is 0.285 e. The topological polar surface area (TPSA) is 87.6 Å². The monoisotopic (exact) mass is 371 g/mol. The number of anilines is 1. The van der Waals surface area contributed by atoms with Gasteiger partial charge in [0, 0.05) is 22.9 Å². The predicted molar refractivity (Wildman–Crippen MR) is 102 cm³/mol. The van der Waals surface area contributed by atoms with Crippen molar-refractivity contribution < 1.29 is 13.2 Å². The first-order chi connectivity index (χ1) is 12.3. The third-order valence-corrected chi connectivity index (χ3v) is 5.73. The van der Waals surface area contributed by atoms with E-state index < -0.39 is 10.0 Å². The van der Waals surface area contributed by atoms with Crippen molar-refractivity contribution in [2.24, 2.45) is 10.3 Å². The molecule has 136 valence electrons. The van der Waals surface area contributed by atoms with Crippen LogP contribution in [-0.2, 0) is 10.0 Å². The van der Waals surface area contributed by atoms with Crippen molar-refractivity contribution in [1.29, 1.82) is 0 Å². The van der Waals surface area contributed by atoms with Gasteiger partial charge in [0.05, 0.1) is 0 Å². The Balaban J connectivity index is 1.76. The van der Waals surface area contributed by atoms with Crippen LogP contribution in [0.4, 0.5) is 5.69 Å². The van der Waals surface area contributed by atoms with E-state index in [4.69, 9.17) is 0 Å².